The molecule has 6 aliphatic rings. The van der Waals surface area contributed by atoms with E-state index in [4.69, 9.17) is 52.5 Å². The van der Waals surface area contributed by atoms with Gasteiger partial charge in [-0.1, -0.05) is 88.4 Å². The Balaban J connectivity index is 0.000000319. The van der Waals surface area contributed by atoms with Gasteiger partial charge in [0.05, 0.1) is 84.6 Å². The third-order valence-corrected chi connectivity index (χ3v) is 25.5. The molecule has 10 heterocycles. The van der Waals surface area contributed by atoms with Crippen molar-refractivity contribution in [1.29, 1.82) is 0 Å². The minimum Gasteiger partial charge on any atom is -0.458 e. The standard InChI is InChI=1S/C42H64N7O9P.C42H65N7O9.CH3FS.CH4O/c1-12-33-42(8)36(49(40(52)58-42)20-16-15-19-48-24-31(45-46-48)30-17-13-14-18-43-30)29(6)44-23-25(2)22-41(7,54-11)37(27(4)34(50)28(5)38(51)56-33)57-39-35(59-53)32(47(9)10)21-26(3)55-39;1-12-33-42(8)36(49(40(53)58-42)20-16-15-19-48-24-31(45-46-48)30-17-13-14-18-43-30)29(6)44-23-25(2)22-41(7,54-11)37(27(4)34(50)28(5)38(52)56-33)57-39-35(51)32(47(9)10)21-26(3)55-39;1-3-2;1-2/h13-18,24-29,32-33,35-37,39,44H,12,19-23H2,1-11H3;13-18,24-29,32-33,35-37,39,44,51H,12,19-23H2,1-11H3;1H3;2H,1H3/b2*16-15+;;/t2*25-,26?,27+,28-,29-,32?,33-,35?,36-,37-,39+,41-,42-;;/m11../s1. The Morgan fingerprint density at radius 3 is 1.33 bits per heavy atom. The summed E-state index contributed by atoms with van der Waals surface area (Å²) in [5.41, 5.74) is -2.39. The Kier molecular flexibility index (Phi) is 38.7. The number of hydrogen-bond donors (Lipinski definition) is 4. The molecule has 0 saturated carbocycles. The highest BCUT2D eigenvalue weighted by molar-refractivity contribution is 7.93. The molecular formula is C86H136FN14O19PS. The van der Waals surface area contributed by atoms with Crippen LogP contribution in [-0.2, 0) is 84.2 Å². The van der Waals surface area contributed by atoms with E-state index in [9.17, 15) is 42.3 Å². The molecule has 4 aromatic rings. The molecule has 26 atom stereocenters. The molecule has 36 heteroatoms. The third kappa shape index (κ3) is 24.7. The number of methoxy groups -OCH3 is 2. The van der Waals surface area contributed by atoms with E-state index in [0.717, 1.165) is 18.5 Å². The zero-order valence-corrected chi connectivity index (χ0v) is 77.4. The molecule has 0 bridgehead atoms. The Labute approximate surface area is 725 Å². The van der Waals surface area contributed by atoms with E-state index in [2.05, 4.69) is 55.1 Å². The van der Waals surface area contributed by atoms with Crippen LogP contribution in [0, 0.1) is 35.5 Å². The van der Waals surface area contributed by atoms with Gasteiger partial charge in [-0.3, -0.25) is 43.5 Å². The number of rotatable bonds is 21. The summed E-state index contributed by atoms with van der Waals surface area (Å²) in [6.45, 7) is 32.0. The molecule has 6 unspecified atom stereocenters. The van der Waals surface area contributed by atoms with E-state index in [1.807, 2.05) is 166 Å². The Morgan fingerprint density at radius 2 is 0.967 bits per heavy atom. The number of cyclic esters (lactones) is 2. The fourth-order valence-corrected chi connectivity index (χ4v) is 18.9. The first-order valence-corrected chi connectivity index (χ1v) is 44.4. The summed E-state index contributed by atoms with van der Waals surface area (Å²) < 4.78 is 89.4. The molecule has 6 aliphatic heterocycles. The van der Waals surface area contributed by atoms with Crippen LogP contribution < -0.4 is 10.6 Å². The minimum absolute atomic E-state index is 0.0230. The lowest BCUT2D eigenvalue weighted by atomic mass is 9.78. The van der Waals surface area contributed by atoms with Gasteiger partial charge in [0, 0.05) is 101 Å². The molecule has 6 fully saturated rings. The highest BCUT2D eigenvalue weighted by Crippen LogP contribution is 2.44. The number of likely N-dealkylation sites (N-methyl/N-ethyl adjacent to an activating group) is 1. The highest BCUT2D eigenvalue weighted by atomic mass is 32.2. The van der Waals surface area contributed by atoms with Crippen molar-refractivity contribution in [2.75, 3.05) is 82.0 Å². The van der Waals surface area contributed by atoms with E-state index >= 15 is 0 Å². The fourth-order valence-electron chi connectivity index (χ4n) is 18.1. The van der Waals surface area contributed by atoms with Gasteiger partial charge in [0.1, 0.15) is 47.2 Å². The number of Topliss-reactive ketones (excluding diaryl/α,β-unsaturated/α-hetero) is 2. The zero-order valence-electron chi connectivity index (χ0n) is 75.7. The number of carbonyl (C=O) groups is 6. The molecule has 6 saturated heterocycles. The van der Waals surface area contributed by atoms with Crippen LogP contribution in [0.25, 0.3) is 22.8 Å². The Bertz CT molecular complexity index is 4050. The quantitative estimate of drug-likeness (QED) is 0.0198. The average Bonchev–Trinajstić information content (AvgIpc) is 1.62. The second-order valence-corrected chi connectivity index (χ2v) is 35.5. The maximum atomic E-state index is 14.4. The second-order valence-electron chi connectivity index (χ2n) is 34.4. The summed E-state index contributed by atoms with van der Waals surface area (Å²) in [5.74, 6) is -6.40. The second kappa shape index (κ2) is 46.3. The molecule has 4 N–H and O–H groups in total. The van der Waals surface area contributed by atoms with Gasteiger partial charge in [0.25, 0.3) is 0 Å². The number of amides is 2. The average molecular weight is 1750 g/mol. The van der Waals surface area contributed by atoms with Crippen LogP contribution in [0.15, 0.2) is 85.5 Å². The number of aliphatic hydroxyl groups is 2. The van der Waals surface area contributed by atoms with Crippen LogP contribution in [0.1, 0.15) is 149 Å². The molecule has 0 aliphatic carbocycles. The van der Waals surface area contributed by atoms with Crippen molar-refractivity contribution in [3.05, 3.63) is 85.5 Å². The van der Waals surface area contributed by atoms with E-state index in [-0.39, 0.29) is 81.9 Å². The SMILES string of the molecule is CC[C@H]1OC(=O)[C@H](C)C(=O)[C@H](C)[C@@H](O[C@@H]2OC(C)CC(N(C)C)C2O)[C@](C)(OC)C[C@@H](C)CN[C@H](C)[C@H]2N(C/C=C/Cn3cc(-c4ccccn4)nn3)C(=O)O[C@]12C.CC[C@H]1OC(=O)[C@H](C)C(=O)[C@H](C)[C@@H](O[C@@H]2OC(C)CC(N(C)C)C2P=O)[C@](C)(OC)C[C@@H](C)CN[C@H](C)[C@H]2N(C/C=C/Cn3cc(-c4ccccn4)nn3)C(=O)O[C@]12C.CO.CSF. The molecule has 10 rings (SSSR count). The van der Waals surface area contributed by atoms with E-state index in [1.165, 1.54) is 20.1 Å². The van der Waals surface area contributed by atoms with E-state index in [1.54, 1.807) is 73.5 Å². The molecule has 122 heavy (non-hydrogen) atoms. The molecule has 33 nitrogen and oxygen atoms in total. The lowest BCUT2D eigenvalue weighted by molar-refractivity contribution is -0.295. The van der Waals surface area contributed by atoms with Gasteiger partial charge in [0.2, 0.25) is 0 Å². The van der Waals surface area contributed by atoms with E-state index in [0.29, 0.717) is 76.1 Å². The number of allylic oxidation sites excluding steroid dienone is 2. The number of nitrogens with one attached hydrogen (secondary N) is 2. The molecule has 2 amide bonds. The van der Waals surface area contributed by atoms with Gasteiger partial charge in [-0.25, -0.2) is 19.0 Å². The first-order chi connectivity index (χ1) is 57.8. The van der Waals surface area contributed by atoms with Crippen LogP contribution >= 0.6 is 20.6 Å². The minimum atomic E-state index is -1.26. The fraction of sp³-hybridized carbons (Fsp3) is 0.721. The topological polar surface area (TPSA) is 376 Å². The van der Waals surface area contributed by atoms with Crippen LogP contribution in [0.4, 0.5) is 13.5 Å². The summed E-state index contributed by atoms with van der Waals surface area (Å²) in [6.07, 6.45) is 10.9. The van der Waals surface area contributed by atoms with Crippen molar-refractivity contribution in [2.24, 2.45) is 35.5 Å². The predicted octanol–water partition coefficient (Wildman–Crippen LogP) is 9.89. The number of aromatic nitrogens is 8. The summed E-state index contributed by atoms with van der Waals surface area (Å²) in [5, 5.41) is 42.6. The number of pyridine rings is 2. The number of fused-ring (bicyclic) bond motifs is 2. The van der Waals surface area contributed by atoms with Crippen molar-refractivity contribution in [3.63, 3.8) is 0 Å². The van der Waals surface area contributed by atoms with Crippen LogP contribution in [0.3, 0.4) is 0 Å². The van der Waals surface area contributed by atoms with Gasteiger partial charge >= 0.3 is 24.1 Å². The lowest BCUT2D eigenvalue weighted by Crippen LogP contribution is -2.60. The lowest BCUT2D eigenvalue weighted by Gasteiger charge is -2.46. The molecule has 4 aromatic heterocycles. The van der Waals surface area contributed by atoms with E-state index < -0.39 is 143 Å². The smallest absolute Gasteiger partial charge is 0.411 e. The van der Waals surface area contributed by atoms with Gasteiger partial charge in [0.15, 0.2) is 43.8 Å². The number of halogens is 1. The molecule has 0 aromatic carbocycles. The summed E-state index contributed by atoms with van der Waals surface area (Å²) >= 11 is 0.250. The molecule has 0 spiro atoms. The summed E-state index contributed by atoms with van der Waals surface area (Å²) in [4.78, 5) is 100. The Hall–Kier alpha value is -7.22. The molecule has 0 radical (unpaired) electrons. The highest BCUT2D eigenvalue weighted by Gasteiger charge is 2.61. The monoisotopic (exact) mass is 1750 g/mol. The van der Waals surface area contributed by atoms with Gasteiger partial charge in [-0.15, -0.1) is 10.2 Å². The number of hydrogen-bond acceptors (Lipinski definition) is 30. The molecular weight excluding hydrogens is 1620 g/mol. The van der Waals surface area contributed by atoms with Gasteiger partial charge in [-0.05, 0) is 185 Å². The van der Waals surface area contributed by atoms with Crippen molar-refractivity contribution in [1.82, 2.24) is 70.2 Å². The zero-order chi connectivity index (χ0) is 90.5. The maximum Gasteiger partial charge on any atom is 0.411 e. The number of aliphatic hydroxyl groups excluding tert-OH is 2. The van der Waals surface area contributed by atoms with Gasteiger partial charge in [-0.2, -0.15) is 3.89 Å². The largest absolute Gasteiger partial charge is 0.458 e. The van der Waals surface area contributed by atoms with Crippen LogP contribution in [0.5, 0.6) is 0 Å². The predicted molar refractivity (Wildman–Crippen MR) is 459 cm³/mol. The number of esters is 2. The van der Waals surface area contributed by atoms with Crippen molar-refractivity contribution in [2.45, 2.75) is 282 Å². The Morgan fingerprint density at radius 1 is 0.590 bits per heavy atom. The molecule has 682 valence electrons. The third-order valence-electron chi connectivity index (χ3n) is 24.7. The van der Waals surface area contributed by atoms with Crippen LogP contribution in [0.2, 0.25) is 0 Å². The number of ketones is 2. The number of ether oxygens (including phenoxy) is 10. The van der Waals surface area contributed by atoms with Crippen molar-refractivity contribution in [3.8, 4) is 22.8 Å². The number of nitrogens with zero attached hydrogens (tertiary/aromatic N) is 12. The number of carbonyl (C=O) groups excluding carboxylic acids is 6. The van der Waals surface area contributed by atoms with Crippen molar-refractivity contribution < 1.29 is 94.8 Å². The first kappa shape index (κ1) is 102. The first-order valence-electron chi connectivity index (χ1n) is 42.3. The maximum absolute atomic E-state index is 14.4. The van der Waals surface area contributed by atoms with Crippen LogP contribution in [-0.4, -0.2) is 307 Å². The van der Waals surface area contributed by atoms with Crippen molar-refractivity contribution >= 4 is 56.3 Å². The summed E-state index contributed by atoms with van der Waals surface area (Å²) in [6, 6.07) is 9.08. The van der Waals surface area contributed by atoms with Gasteiger partial charge < -0.3 is 78.0 Å². The summed E-state index contributed by atoms with van der Waals surface area (Å²) in [7, 11) is 11.7. The normalized spacial score (nSPS) is 35.5.